The Hall–Kier alpha value is -1.46. The summed E-state index contributed by atoms with van der Waals surface area (Å²) in [5.41, 5.74) is 7.20. The number of halogens is 1. The normalized spacial score (nSPS) is 20.2. The van der Waals surface area contributed by atoms with Crippen molar-refractivity contribution in [1.29, 1.82) is 0 Å². The van der Waals surface area contributed by atoms with Crippen molar-refractivity contribution < 1.29 is 14.3 Å². The maximum Gasteiger partial charge on any atom is 0.251 e. The van der Waals surface area contributed by atoms with E-state index in [9.17, 15) is 4.79 Å². The smallest absolute Gasteiger partial charge is 0.251 e. The minimum atomic E-state index is -0.100. The predicted octanol–water partition coefficient (Wildman–Crippen LogP) is 2.29. The first-order valence-corrected chi connectivity index (χ1v) is 7.34. The van der Waals surface area contributed by atoms with Crippen molar-refractivity contribution in [3.05, 3.63) is 23.3 Å². The van der Waals surface area contributed by atoms with Gasteiger partial charge in [-0.15, -0.1) is 12.4 Å². The lowest BCUT2D eigenvalue weighted by Gasteiger charge is -2.20. The molecule has 3 N–H and O–H groups in total. The van der Waals surface area contributed by atoms with Gasteiger partial charge in [0.1, 0.15) is 11.5 Å². The first-order chi connectivity index (χ1) is 10.1. The zero-order valence-corrected chi connectivity index (χ0v) is 14.2. The third-order valence-electron chi connectivity index (χ3n) is 4.29. The molecule has 22 heavy (non-hydrogen) atoms. The molecule has 0 bridgehead atoms. The molecule has 5 nitrogen and oxygen atoms in total. The monoisotopic (exact) mass is 328 g/mol. The van der Waals surface area contributed by atoms with Gasteiger partial charge in [0, 0.05) is 17.2 Å². The zero-order valence-electron chi connectivity index (χ0n) is 13.3. The Balaban J connectivity index is 0.00000242. The van der Waals surface area contributed by atoms with Crippen LogP contribution in [0.15, 0.2) is 12.1 Å². The first-order valence-electron chi connectivity index (χ1n) is 7.34. The van der Waals surface area contributed by atoms with E-state index in [4.69, 9.17) is 15.2 Å². The predicted molar refractivity (Wildman–Crippen MR) is 89.2 cm³/mol. The van der Waals surface area contributed by atoms with Gasteiger partial charge in [0.2, 0.25) is 0 Å². The molecule has 2 rings (SSSR count). The molecule has 2 atom stereocenters. The number of carbonyl (C=O) groups excluding carboxylic acids is 1. The second kappa shape index (κ2) is 8.25. The maximum atomic E-state index is 12.4. The molecule has 1 aromatic carbocycles. The fourth-order valence-electron chi connectivity index (χ4n) is 2.98. The summed E-state index contributed by atoms with van der Waals surface area (Å²) < 4.78 is 10.6. The number of amides is 1. The van der Waals surface area contributed by atoms with Crippen LogP contribution in [0.25, 0.3) is 0 Å². The fourth-order valence-corrected chi connectivity index (χ4v) is 2.98. The molecule has 0 saturated heterocycles. The van der Waals surface area contributed by atoms with Crippen LogP contribution in [0.2, 0.25) is 0 Å². The Morgan fingerprint density at radius 2 is 1.86 bits per heavy atom. The number of hydrogen-bond acceptors (Lipinski definition) is 4. The average Bonchev–Trinajstić information content (AvgIpc) is 2.94. The number of benzene rings is 1. The highest BCUT2D eigenvalue weighted by Gasteiger charge is 2.28. The Morgan fingerprint density at radius 1 is 1.27 bits per heavy atom. The van der Waals surface area contributed by atoms with Gasteiger partial charge in [-0.3, -0.25) is 4.79 Å². The zero-order chi connectivity index (χ0) is 15.4. The summed E-state index contributed by atoms with van der Waals surface area (Å²) >= 11 is 0. The summed E-state index contributed by atoms with van der Waals surface area (Å²) in [5, 5.41) is 3.09. The van der Waals surface area contributed by atoms with E-state index in [1.54, 1.807) is 26.4 Å². The van der Waals surface area contributed by atoms with E-state index in [2.05, 4.69) is 5.32 Å². The van der Waals surface area contributed by atoms with Crippen LogP contribution in [-0.2, 0) is 0 Å². The molecule has 0 spiro atoms. The van der Waals surface area contributed by atoms with E-state index < -0.39 is 0 Å². The van der Waals surface area contributed by atoms with Crippen LogP contribution >= 0.6 is 12.4 Å². The molecule has 1 saturated carbocycles. The molecular formula is C16H25ClN2O3. The van der Waals surface area contributed by atoms with Crippen LogP contribution in [-0.4, -0.2) is 32.7 Å². The minimum Gasteiger partial charge on any atom is -0.496 e. The number of ether oxygens (including phenoxy) is 2. The van der Waals surface area contributed by atoms with Crippen molar-refractivity contribution in [2.24, 2.45) is 11.7 Å². The van der Waals surface area contributed by atoms with Gasteiger partial charge in [-0.25, -0.2) is 0 Å². The molecule has 124 valence electrons. The van der Waals surface area contributed by atoms with Gasteiger partial charge in [-0.05, 0) is 44.4 Å². The number of rotatable bonds is 5. The van der Waals surface area contributed by atoms with Gasteiger partial charge in [0.05, 0.1) is 14.2 Å². The number of methoxy groups -OCH3 is 2. The highest BCUT2D eigenvalue weighted by atomic mass is 35.5. The number of nitrogens with two attached hydrogens (primary N) is 1. The lowest BCUT2D eigenvalue weighted by molar-refractivity contribution is 0.0928. The summed E-state index contributed by atoms with van der Waals surface area (Å²) in [6.45, 7) is 2.52. The lowest BCUT2D eigenvalue weighted by atomic mass is 10.0. The van der Waals surface area contributed by atoms with Gasteiger partial charge in [0.15, 0.2) is 0 Å². The maximum absolute atomic E-state index is 12.4. The van der Waals surface area contributed by atoms with Crippen LogP contribution in [0.1, 0.15) is 35.2 Å². The second-order valence-electron chi connectivity index (χ2n) is 5.51. The van der Waals surface area contributed by atoms with E-state index in [0.717, 1.165) is 24.8 Å². The molecule has 0 aliphatic heterocycles. The van der Waals surface area contributed by atoms with Crippen molar-refractivity contribution in [1.82, 2.24) is 5.32 Å². The molecule has 0 radical (unpaired) electrons. The van der Waals surface area contributed by atoms with E-state index >= 15 is 0 Å². The molecule has 1 aliphatic rings. The molecule has 0 heterocycles. The van der Waals surface area contributed by atoms with E-state index in [-0.39, 0.29) is 24.4 Å². The second-order valence-corrected chi connectivity index (χ2v) is 5.51. The van der Waals surface area contributed by atoms with Gasteiger partial charge in [-0.1, -0.05) is 6.42 Å². The van der Waals surface area contributed by atoms with Gasteiger partial charge in [0.25, 0.3) is 5.91 Å². The Bertz CT molecular complexity index is 497. The van der Waals surface area contributed by atoms with Crippen LogP contribution in [0.5, 0.6) is 11.5 Å². The van der Waals surface area contributed by atoms with E-state index in [1.165, 1.54) is 0 Å². The molecule has 1 fully saturated rings. The summed E-state index contributed by atoms with van der Waals surface area (Å²) in [5.74, 6) is 1.59. The van der Waals surface area contributed by atoms with Crippen molar-refractivity contribution >= 4 is 18.3 Å². The van der Waals surface area contributed by atoms with Crippen LogP contribution in [0, 0.1) is 12.8 Å². The van der Waals surface area contributed by atoms with Crippen molar-refractivity contribution in [2.45, 2.75) is 32.2 Å². The first kappa shape index (κ1) is 18.6. The molecule has 2 unspecified atom stereocenters. The number of carbonyl (C=O) groups is 1. The van der Waals surface area contributed by atoms with Crippen LogP contribution in [0.4, 0.5) is 0 Å². The van der Waals surface area contributed by atoms with Gasteiger partial charge in [-0.2, -0.15) is 0 Å². The van der Waals surface area contributed by atoms with E-state index in [0.29, 0.717) is 29.5 Å². The summed E-state index contributed by atoms with van der Waals surface area (Å²) in [4.78, 5) is 12.4. The summed E-state index contributed by atoms with van der Waals surface area (Å²) in [7, 11) is 3.18. The molecule has 0 aromatic heterocycles. The van der Waals surface area contributed by atoms with Crippen molar-refractivity contribution in [3.63, 3.8) is 0 Å². The molecule has 1 aliphatic carbocycles. The molecular weight excluding hydrogens is 304 g/mol. The standard InChI is InChI=1S/C16H24N2O3.ClH/c1-10-14(20-2)7-12(8-15(10)21-3)16(19)18-13-6-4-5-11(13)9-17;/h7-8,11,13H,4-6,9,17H2,1-3H3,(H,18,19);1H. The quantitative estimate of drug-likeness (QED) is 0.869. The fraction of sp³-hybridized carbons (Fsp3) is 0.562. The van der Waals surface area contributed by atoms with Crippen molar-refractivity contribution in [2.75, 3.05) is 20.8 Å². The largest absolute Gasteiger partial charge is 0.496 e. The third kappa shape index (κ3) is 3.84. The van der Waals surface area contributed by atoms with Gasteiger partial charge < -0.3 is 20.5 Å². The van der Waals surface area contributed by atoms with Gasteiger partial charge >= 0.3 is 0 Å². The number of hydrogen-bond donors (Lipinski definition) is 2. The number of nitrogens with one attached hydrogen (secondary N) is 1. The molecule has 1 aromatic rings. The highest BCUT2D eigenvalue weighted by molar-refractivity contribution is 5.95. The van der Waals surface area contributed by atoms with E-state index in [1.807, 2.05) is 6.92 Å². The average molecular weight is 329 g/mol. The van der Waals surface area contributed by atoms with Crippen LogP contribution in [0.3, 0.4) is 0 Å². The van der Waals surface area contributed by atoms with Crippen molar-refractivity contribution in [3.8, 4) is 11.5 Å². The van der Waals surface area contributed by atoms with Crippen LogP contribution < -0.4 is 20.5 Å². The minimum absolute atomic E-state index is 0. The third-order valence-corrected chi connectivity index (χ3v) is 4.29. The summed E-state index contributed by atoms with van der Waals surface area (Å²) in [6, 6.07) is 3.67. The molecule has 6 heteroatoms. The molecule has 1 amide bonds. The highest BCUT2D eigenvalue weighted by Crippen LogP contribution is 2.30. The topological polar surface area (TPSA) is 73.6 Å². The Morgan fingerprint density at radius 3 is 2.36 bits per heavy atom. The Kier molecular flexibility index (Phi) is 6.97. The lowest BCUT2D eigenvalue weighted by Crippen LogP contribution is -2.39. The summed E-state index contributed by atoms with van der Waals surface area (Å²) in [6.07, 6.45) is 3.20. The SMILES string of the molecule is COc1cc(C(=O)NC2CCCC2CN)cc(OC)c1C.Cl. The Labute approximate surface area is 138 Å².